The maximum absolute atomic E-state index is 12.3. The molecule has 1 aromatic carbocycles. The summed E-state index contributed by atoms with van der Waals surface area (Å²) in [6.07, 6.45) is 1.19. The van der Waals surface area contributed by atoms with Gasteiger partial charge in [0.2, 0.25) is 5.91 Å². The molecule has 1 saturated carbocycles. The molecule has 0 radical (unpaired) electrons. The number of nitrogens with two attached hydrogens (primary N) is 2. The quantitative estimate of drug-likeness (QED) is 0.676. The Kier molecular flexibility index (Phi) is 3.96. The molecule has 8 heteroatoms. The van der Waals surface area contributed by atoms with E-state index in [0.717, 1.165) is 10.6 Å². The smallest absolute Gasteiger partial charge is 0.252 e. The lowest BCUT2D eigenvalue weighted by Gasteiger charge is -2.18. The summed E-state index contributed by atoms with van der Waals surface area (Å²) in [5.74, 6) is -0.129. The Morgan fingerprint density at radius 3 is 2.59 bits per heavy atom. The van der Waals surface area contributed by atoms with Crippen LogP contribution in [-0.2, 0) is 16.8 Å². The van der Waals surface area contributed by atoms with Crippen LogP contribution in [0.1, 0.15) is 45.1 Å². The standard InChI is InChI=1S/C19H19N3O4S/c1-9-13(27-8-22-9)7-25-12-4-3-11-15(14(17(20)23)10(2)26-11)16(12)19(5-6-19)18(21)24/h3-4,8H,5-7H2,1-2H3,(H2,20,23)(H2,21,24). The number of carbonyl (C=O) groups excluding carboxylic acids is 2. The fourth-order valence-electron chi connectivity index (χ4n) is 3.53. The Bertz CT molecular complexity index is 1080. The number of ether oxygens (including phenoxy) is 1. The van der Waals surface area contributed by atoms with Gasteiger partial charge in [-0.05, 0) is 38.8 Å². The molecule has 27 heavy (non-hydrogen) atoms. The molecule has 0 saturated heterocycles. The summed E-state index contributed by atoms with van der Waals surface area (Å²) in [4.78, 5) is 29.5. The van der Waals surface area contributed by atoms with Gasteiger partial charge in [0.1, 0.15) is 23.7 Å². The SMILES string of the molecule is Cc1ncsc1COc1ccc2oc(C)c(C(N)=O)c2c1C1(C(N)=O)CC1. The molecule has 3 aromatic rings. The summed E-state index contributed by atoms with van der Waals surface area (Å²) >= 11 is 1.50. The minimum absolute atomic E-state index is 0.270. The molecule has 0 spiro atoms. The van der Waals surface area contributed by atoms with Crippen LogP contribution in [0.15, 0.2) is 22.1 Å². The monoisotopic (exact) mass is 385 g/mol. The average molecular weight is 385 g/mol. The van der Waals surface area contributed by atoms with Crippen LogP contribution in [0, 0.1) is 13.8 Å². The van der Waals surface area contributed by atoms with Crippen LogP contribution >= 0.6 is 11.3 Å². The predicted octanol–water partition coefficient (Wildman–Crippen LogP) is 2.70. The van der Waals surface area contributed by atoms with Gasteiger partial charge in [0.05, 0.1) is 27.1 Å². The molecule has 2 heterocycles. The maximum atomic E-state index is 12.3. The van der Waals surface area contributed by atoms with E-state index in [0.29, 0.717) is 47.5 Å². The Labute approximate surface area is 159 Å². The van der Waals surface area contributed by atoms with Gasteiger partial charge in [-0.25, -0.2) is 4.98 Å². The lowest BCUT2D eigenvalue weighted by atomic mass is 9.89. The van der Waals surface area contributed by atoms with E-state index < -0.39 is 17.2 Å². The van der Waals surface area contributed by atoms with Gasteiger partial charge in [-0.3, -0.25) is 9.59 Å². The molecular formula is C19H19N3O4S. The normalized spacial score (nSPS) is 15.0. The number of aromatic nitrogens is 1. The zero-order valence-electron chi connectivity index (χ0n) is 15.0. The van der Waals surface area contributed by atoms with Crippen LogP contribution in [0.3, 0.4) is 0 Å². The summed E-state index contributed by atoms with van der Waals surface area (Å²) in [5, 5.41) is 0.523. The Morgan fingerprint density at radius 2 is 2.04 bits per heavy atom. The first-order valence-electron chi connectivity index (χ1n) is 8.53. The topological polar surface area (TPSA) is 121 Å². The Hall–Kier alpha value is -2.87. The first kappa shape index (κ1) is 17.5. The molecule has 4 rings (SSSR count). The first-order chi connectivity index (χ1) is 12.8. The summed E-state index contributed by atoms with van der Waals surface area (Å²) in [6, 6.07) is 3.48. The number of rotatable bonds is 6. The molecule has 4 N–H and O–H groups in total. The van der Waals surface area contributed by atoms with E-state index in [1.165, 1.54) is 11.3 Å². The maximum Gasteiger partial charge on any atom is 0.252 e. The lowest BCUT2D eigenvalue weighted by Crippen LogP contribution is -2.29. The molecule has 0 unspecified atom stereocenters. The highest BCUT2D eigenvalue weighted by Crippen LogP contribution is 2.54. The van der Waals surface area contributed by atoms with E-state index in [2.05, 4.69) is 4.98 Å². The third-order valence-corrected chi connectivity index (χ3v) is 6.05. The number of hydrogen-bond donors (Lipinski definition) is 2. The van der Waals surface area contributed by atoms with Gasteiger partial charge in [0.15, 0.2) is 0 Å². The van der Waals surface area contributed by atoms with E-state index in [9.17, 15) is 9.59 Å². The van der Waals surface area contributed by atoms with Crippen molar-refractivity contribution in [3.63, 3.8) is 0 Å². The number of fused-ring (bicyclic) bond motifs is 1. The van der Waals surface area contributed by atoms with Crippen LogP contribution in [0.25, 0.3) is 11.0 Å². The van der Waals surface area contributed by atoms with Gasteiger partial charge < -0.3 is 20.6 Å². The van der Waals surface area contributed by atoms with Gasteiger partial charge in [0, 0.05) is 10.9 Å². The molecule has 1 aliphatic rings. The van der Waals surface area contributed by atoms with Gasteiger partial charge in [-0.1, -0.05) is 0 Å². The van der Waals surface area contributed by atoms with Crippen molar-refractivity contribution in [1.82, 2.24) is 4.98 Å². The van der Waals surface area contributed by atoms with Crippen molar-refractivity contribution in [3.8, 4) is 5.75 Å². The zero-order valence-corrected chi connectivity index (χ0v) is 15.8. The van der Waals surface area contributed by atoms with Crippen molar-refractivity contribution in [2.24, 2.45) is 11.5 Å². The average Bonchev–Trinajstić information content (AvgIpc) is 3.20. The van der Waals surface area contributed by atoms with Crippen molar-refractivity contribution in [1.29, 1.82) is 0 Å². The largest absolute Gasteiger partial charge is 0.488 e. The number of primary amides is 2. The molecular weight excluding hydrogens is 366 g/mol. The summed E-state index contributed by atoms with van der Waals surface area (Å²) < 4.78 is 11.8. The van der Waals surface area contributed by atoms with E-state index in [1.54, 1.807) is 24.6 Å². The minimum atomic E-state index is -0.863. The Balaban J connectivity index is 1.91. The molecule has 2 aromatic heterocycles. The lowest BCUT2D eigenvalue weighted by molar-refractivity contribution is -0.120. The van der Waals surface area contributed by atoms with Crippen molar-refractivity contribution in [2.75, 3.05) is 0 Å². The van der Waals surface area contributed by atoms with Crippen molar-refractivity contribution in [2.45, 2.75) is 38.7 Å². The molecule has 1 fully saturated rings. The number of benzene rings is 1. The molecule has 0 atom stereocenters. The third-order valence-electron chi connectivity index (χ3n) is 5.14. The van der Waals surface area contributed by atoms with Crippen LogP contribution in [0.2, 0.25) is 0 Å². The minimum Gasteiger partial charge on any atom is -0.488 e. The second-order valence-electron chi connectivity index (χ2n) is 6.81. The number of amides is 2. The number of furan rings is 1. The van der Waals surface area contributed by atoms with Crippen molar-refractivity contribution >= 4 is 34.1 Å². The molecule has 2 amide bonds. The molecule has 1 aliphatic carbocycles. The Morgan fingerprint density at radius 1 is 1.30 bits per heavy atom. The van der Waals surface area contributed by atoms with Gasteiger partial charge in [0.25, 0.3) is 5.91 Å². The van der Waals surface area contributed by atoms with Crippen LogP contribution in [0.5, 0.6) is 5.75 Å². The molecule has 0 bridgehead atoms. The second kappa shape index (κ2) is 6.09. The number of carbonyl (C=O) groups is 2. The number of thiazole rings is 1. The fraction of sp³-hybridized carbons (Fsp3) is 0.316. The number of aryl methyl sites for hydroxylation is 2. The summed E-state index contributed by atoms with van der Waals surface area (Å²) in [6.45, 7) is 3.90. The second-order valence-corrected chi connectivity index (χ2v) is 7.74. The zero-order chi connectivity index (χ0) is 19.3. The first-order valence-corrected chi connectivity index (χ1v) is 9.41. The van der Waals surface area contributed by atoms with Gasteiger partial charge >= 0.3 is 0 Å². The molecule has 7 nitrogen and oxygen atoms in total. The number of hydrogen-bond acceptors (Lipinski definition) is 6. The van der Waals surface area contributed by atoms with E-state index >= 15 is 0 Å². The molecule has 0 aliphatic heterocycles. The van der Waals surface area contributed by atoms with E-state index in [-0.39, 0.29) is 5.56 Å². The van der Waals surface area contributed by atoms with Gasteiger partial charge in [-0.15, -0.1) is 11.3 Å². The van der Waals surface area contributed by atoms with Gasteiger partial charge in [-0.2, -0.15) is 0 Å². The third kappa shape index (κ3) is 2.68. The molecule has 140 valence electrons. The highest BCUT2D eigenvalue weighted by atomic mass is 32.1. The van der Waals surface area contributed by atoms with Crippen molar-refractivity contribution in [3.05, 3.63) is 45.1 Å². The fourth-order valence-corrected chi connectivity index (χ4v) is 4.22. The van der Waals surface area contributed by atoms with Crippen LogP contribution in [0.4, 0.5) is 0 Å². The summed E-state index contributed by atoms with van der Waals surface area (Å²) in [5.41, 5.74) is 14.5. The predicted molar refractivity (Wildman–Crippen MR) is 101 cm³/mol. The highest BCUT2D eigenvalue weighted by molar-refractivity contribution is 7.09. The van der Waals surface area contributed by atoms with Crippen molar-refractivity contribution < 1.29 is 18.7 Å². The van der Waals surface area contributed by atoms with Crippen LogP contribution in [-0.4, -0.2) is 16.8 Å². The number of nitrogens with zero attached hydrogens (tertiary/aromatic N) is 1. The van der Waals surface area contributed by atoms with E-state index in [1.807, 2.05) is 6.92 Å². The summed E-state index contributed by atoms with van der Waals surface area (Å²) in [7, 11) is 0. The van der Waals surface area contributed by atoms with E-state index in [4.69, 9.17) is 20.6 Å². The highest BCUT2D eigenvalue weighted by Gasteiger charge is 2.53. The van der Waals surface area contributed by atoms with Crippen LogP contribution < -0.4 is 16.2 Å².